The molecule has 17 heavy (non-hydrogen) atoms. The van der Waals surface area contributed by atoms with Crippen molar-refractivity contribution in [3.8, 4) is 0 Å². The molecule has 6 heteroatoms. The van der Waals surface area contributed by atoms with Gasteiger partial charge >= 0.3 is 0 Å². The molecule has 4 N–H and O–H groups in total. The quantitative estimate of drug-likeness (QED) is 0.488. The van der Waals surface area contributed by atoms with Gasteiger partial charge in [-0.2, -0.15) is 0 Å². The summed E-state index contributed by atoms with van der Waals surface area (Å²) in [6.07, 6.45) is -0.516. The lowest BCUT2D eigenvalue weighted by Gasteiger charge is -2.22. The van der Waals surface area contributed by atoms with Crippen molar-refractivity contribution in [2.75, 3.05) is 6.61 Å². The number of carbonyl (C=O) groups excluding carboxylic acids is 1. The van der Waals surface area contributed by atoms with Gasteiger partial charge in [0.15, 0.2) is 5.88 Å². The fourth-order valence-corrected chi connectivity index (χ4v) is 2.29. The van der Waals surface area contributed by atoms with Crippen molar-refractivity contribution in [1.29, 1.82) is 0 Å². The fraction of sp³-hybridized carbons (Fsp3) is 0.545. The molecule has 0 unspecified atom stereocenters. The van der Waals surface area contributed by atoms with E-state index in [2.05, 4.69) is 11.9 Å². The van der Waals surface area contributed by atoms with Gasteiger partial charge in [-0.15, -0.1) is 0 Å². The molecule has 1 fully saturated rings. The molecule has 2 aliphatic rings. The molecule has 94 valence electrons. The van der Waals surface area contributed by atoms with Crippen molar-refractivity contribution in [2.45, 2.75) is 18.6 Å². The zero-order valence-electron chi connectivity index (χ0n) is 9.17. The van der Waals surface area contributed by atoms with Crippen LogP contribution in [0.25, 0.3) is 0 Å². The van der Waals surface area contributed by atoms with E-state index in [-0.39, 0.29) is 18.1 Å². The first-order chi connectivity index (χ1) is 8.04. The van der Waals surface area contributed by atoms with E-state index in [1.54, 1.807) is 0 Å². The monoisotopic (exact) mass is 241 g/mol. The second-order valence-electron chi connectivity index (χ2n) is 4.33. The van der Waals surface area contributed by atoms with E-state index in [1.807, 2.05) is 0 Å². The number of carbonyl (C=O) groups is 1. The van der Waals surface area contributed by atoms with E-state index >= 15 is 0 Å². The van der Waals surface area contributed by atoms with Crippen molar-refractivity contribution in [3.63, 3.8) is 0 Å². The molecule has 1 aliphatic carbocycles. The van der Waals surface area contributed by atoms with Gasteiger partial charge in [0, 0.05) is 18.4 Å². The minimum Gasteiger partial charge on any atom is -0.449 e. The Kier molecular flexibility index (Phi) is 3.19. The number of hydrogen-bond acceptors (Lipinski definition) is 5. The molecule has 6 nitrogen and oxygen atoms in total. The van der Waals surface area contributed by atoms with Gasteiger partial charge in [-0.05, 0) is 13.0 Å². The summed E-state index contributed by atoms with van der Waals surface area (Å²) in [5.74, 6) is -1.22. The number of aliphatic hydroxyl groups is 3. The third kappa shape index (κ3) is 2.06. The van der Waals surface area contributed by atoms with E-state index in [1.165, 1.54) is 6.26 Å². The van der Waals surface area contributed by atoms with Crippen LogP contribution in [0.3, 0.4) is 0 Å². The Morgan fingerprint density at radius 1 is 1.47 bits per heavy atom. The molecule has 0 spiro atoms. The first kappa shape index (κ1) is 12.1. The van der Waals surface area contributed by atoms with Gasteiger partial charge < -0.3 is 20.1 Å². The van der Waals surface area contributed by atoms with Gasteiger partial charge in [-0.1, -0.05) is 0 Å². The van der Waals surface area contributed by atoms with Crippen LogP contribution in [0.2, 0.25) is 0 Å². The van der Waals surface area contributed by atoms with Gasteiger partial charge in [0.25, 0.3) is 5.91 Å². The Balaban J connectivity index is 2.18. The molecule has 1 aliphatic heterocycles. The molecule has 0 radical (unpaired) electrons. The highest BCUT2D eigenvalue weighted by atomic mass is 16.5. The molecule has 1 amide bonds. The number of aliphatic hydroxyl groups excluding tert-OH is 3. The molecule has 0 aromatic heterocycles. The van der Waals surface area contributed by atoms with Crippen molar-refractivity contribution in [1.82, 2.24) is 5.32 Å². The third-order valence-electron chi connectivity index (χ3n) is 3.28. The summed E-state index contributed by atoms with van der Waals surface area (Å²) in [4.78, 5) is 11.7. The molecular weight excluding hydrogens is 226 g/mol. The first-order valence-corrected chi connectivity index (χ1v) is 5.38. The molecule has 0 saturated heterocycles. The summed E-state index contributed by atoms with van der Waals surface area (Å²) in [5.41, 5.74) is 0.264. The van der Waals surface area contributed by atoms with Gasteiger partial charge in [0.2, 0.25) is 0 Å². The topological polar surface area (TPSA) is 99.0 Å². The lowest BCUT2D eigenvalue weighted by atomic mass is 9.94. The number of amides is 1. The summed E-state index contributed by atoms with van der Waals surface area (Å²) < 4.78 is 4.98. The van der Waals surface area contributed by atoms with Crippen LogP contribution in [0.1, 0.15) is 6.42 Å². The summed E-state index contributed by atoms with van der Waals surface area (Å²) >= 11 is 0. The van der Waals surface area contributed by atoms with Crippen LogP contribution in [0.15, 0.2) is 24.3 Å². The number of hydrogen-bond donors (Lipinski definition) is 4. The third-order valence-corrected chi connectivity index (χ3v) is 3.28. The average Bonchev–Trinajstić information content (AvgIpc) is 2.57. The van der Waals surface area contributed by atoms with Crippen molar-refractivity contribution >= 4 is 5.91 Å². The first-order valence-electron chi connectivity index (χ1n) is 5.38. The highest BCUT2D eigenvalue weighted by Crippen LogP contribution is 2.37. The van der Waals surface area contributed by atoms with E-state index in [9.17, 15) is 15.0 Å². The highest BCUT2D eigenvalue weighted by Gasteiger charge is 2.45. The second kappa shape index (κ2) is 4.48. The summed E-state index contributed by atoms with van der Waals surface area (Å²) in [6.45, 7) is 3.22. The average molecular weight is 241 g/mol. The normalized spacial score (nSPS) is 37.5. The van der Waals surface area contributed by atoms with Gasteiger partial charge in [-0.25, -0.2) is 0 Å². The predicted molar refractivity (Wildman–Crippen MR) is 57.1 cm³/mol. The maximum absolute atomic E-state index is 11.7. The van der Waals surface area contributed by atoms with Gasteiger partial charge in [0.1, 0.15) is 6.26 Å². The minimum absolute atomic E-state index is 0.130. The Bertz CT molecular complexity index is 378. The Morgan fingerprint density at radius 3 is 2.71 bits per heavy atom. The maximum atomic E-state index is 11.7. The lowest BCUT2D eigenvalue weighted by molar-refractivity contribution is -0.119. The van der Waals surface area contributed by atoms with Crippen LogP contribution in [-0.2, 0) is 9.53 Å². The van der Waals surface area contributed by atoms with Crippen LogP contribution in [0.5, 0.6) is 0 Å². The van der Waals surface area contributed by atoms with Crippen molar-refractivity contribution in [2.24, 2.45) is 11.8 Å². The van der Waals surface area contributed by atoms with Crippen LogP contribution in [-0.4, -0.2) is 40.0 Å². The van der Waals surface area contributed by atoms with Crippen molar-refractivity contribution in [3.05, 3.63) is 24.3 Å². The van der Waals surface area contributed by atoms with E-state index < -0.39 is 30.0 Å². The van der Waals surface area contributed by atoms with Crippen LogP contribution >= 0.6 is 0 Å². The van der Waals surface area contributed by atoms with Crippen LogP contribution in [0, 0.1) is 11.8 Å². The lowest BCUT2D eigenvalue weighted by Crippen LogP contribution is -2.36. The smallest absolute Gasteiger partial charge is 0.257 e. The van der Waals surface area contributed by atoms with Crippen LogP contribution in [0.4, 0.5) is 0 Å². The molecular formula is C11H15NO5. The number of nitrogens with one attached hydrogen (secondary N) is 1. The highest BCUT2D eigenvalue weighted by molar-refractivity contribution is 5.95. The Morgan fingerprint density at radius 2 is 2.18 bits per heavy atom. The molecule has 4 atom stereocenters. The number of ether oxygens (including phenoxy) is 1. The standard InChI is InChI=1S/C11H15NO5/c1-5-12-11(16)8(4-17-5)7-2-6(3-13)9(14)10(7)15/h4,6-7,9-10,13-15H,1-3H2,(H,12,16)/t6-,7+,9-,10+/m1/s1. The molecule has 2 rings (SSSR count). The second-order valence-corrected chi connectivity index (χ2v) is 4.33. The number of rotatable bonds is 2. The maximum Gasteiger partial charge on any atom is 0.257 e. The Hall–Kier alpha value is -1.37. The molecule has 1 saturated carbocycles. The minimum atomic E-state index is -1.07. The Labute approximate surface area is 98.2 Å². The summed E-state index contributed by atoms with van der Waals surface area (Å²) in [7, 11) is 0. The van der Waals surface area contributed by atoms with E-state index in [4.69, 9.17) is 9.84 Å². The zero-order valence-corrected chi connectivity index (χ0v) is 9.17. The molecule has 0 aromatic rings. The van der Waals surface area contributed by atoms with Crippen molar-refractivity contribution < 1.29 is 24.9 Å². The van der Waals surface area contributed by atoms with Gasteiger partial charge in [-0.3, -0.25) is 10.1 Å². The summed E-state index contributed by atoms with van der Waals surface area (Å²) in [6, 6.07) is 0. The molecule has 0 bridgehead atoms. The summed E-state index contributed by atoms with van der Waals surface area (Å²) in [5, 5.41) is 30.9. The van der Waals surface area contributed by atoms with E-state index in [0.717, 1.165) is 0 Å². The van der Waals surface area contributed by atoms with E-state index in [0.29, 0.717) is 6.42 Å². The largest absolute Gasteiger partial charge is 0.449 e. The zero-order chi connectivity index (χ0) is 12.6. The SMILES string of the molecule is C=C1NC(=O)C([C@@H]2C[C@H](CO)[C@@H](O)[C@H]2O)=CO1. The predicted octanol–water partition coefficient (Wildman–Crippen LogP) is -1.16. The molecule has 1 heterocycles. The van der Waals surface area contributed by atoms with Crippen LogP contribution < -0.4 is 5.32 Å². The molecule has 0 aromatic carbocycles. The fourth-order valence-electron chi connectivity index (χ4n) is 2.29. The van der Waals surface area contributed by atoms with Gasteiger partial charge in [0.05, 0.1) is 17.8 Å².